The number of rotatable bonds is 7. The molecule has 11 nitrogen and oxygen atoms in total. The second-order valence-electron chi connectivity index (χ2n) is 17.1. The highest BCUT2D eigenvalue weighted by atomic mass is 19.2. The summed E-state index contributed by atoms with van der Waals surface area (Å²) >= 11 is 0. The van der Waals surface area contributed by atoms with E-state index in [2.05, 4.69) is 10.9 Å². The van der Waals surface area contributed by atoms with Crippen molar-refractivity contribution in [3.8, 4) is 35.4 Å². The first-order chi connectivity index (χ1) is 27.6. The molecular weight excluding hydrogens is 763 g/mol. The van der Waals surface area contributed by atoms with Gasteiger partial charge in [-0.05, 0) is 76.6 Å². The number of methoxy groups -OCH3 is 1. The second kappa shape index (κ2) is 13.5. The lowest BCUT2D eigenvalue weighted by molar-refractivity contribution is -0.133. The number of hydrogen-bond acceptors (Lipinski definition) is 10. The molecule has 306 valence electrons. The summed E-state index contributed by atoms with van der Waals surface area (Å²) in [6.07, 6.45) is 4.81. The van der Waals surface area contributed by atoms with E-state index in [1.807, 2.05) is 4.90 Å². The number of anilines is 1. The van der Waals surface area contributed by atoms with Crippen LogP contribution in [0.25, 0.3) is 32.9 Å². The van der Waals surface area contributed by atoms with Crippen molar-refractivity contribution in [2.45, 2.75) is 101 Å². The van der Waals surface area contributed by atoms with Crippen LogP contribution in [0.2, 0.25) is 0 Å². The molecule has 16 heteroatoms. The van der Waals surface area contributed by atoms with Crippen LogP contribution in [0.5, 0.6) is 11.8 Å². The van der Waals surface area contributed by atoms with Crippen molar-refractivity contribution >= 4 is 33.6 Å². The van der Waals surface area contributed by atoms with Crippen LogP contribution < -0.4 is 14.4 Å². The van der Waals surface area contributed by atoms with Gasteiger partial charge in [0.2, 0.25) is 11.6 Å². The molecule has 5 atom stereocenters. The fourth-order valence-corrected chi connectivity index (χ4v) is 9.93. The van der Waals surface area contributed by atoms with E-state index < -0.39 is 59.2 Å². The zero-order valence-electron chi connectivity index (χ0n) is 32.6. The van der Waals surface area contributed by atoms with E-state index in [1.54, 1.807) is 26.8 Å². The molecule has 0 unspecified atom stereocenters. The molecule has 9 rings (SSSR count). The van der Waals surface area contributed by atoms with E-state index in [1.165, 1.54) is 30.2 Å². The van der Waals surface area contributed by atoms with Gasteiger partial charge in [0.25, 0.3) is 0 Å². The van der Waals surface area contributed by atoms with E-state index in [-0.39, 0.29) is 108 Å². The molecule has 2 bridgehead atoms. The van der Waals surface area contributed by atoms with Crippen molar-refractivity contribution < 1.29 is 45.7 Å². The first-order valence-electron chi connectivity index (χ1n) is 19.5. The Morgan fingerprint density at radius 1 is 1.07 bits per heavy atom. The summed E-state index contributed by atoms with van der Waals surface area (Å²) in [6, 6.07) is 4.34. The van der Waals surface area contributed by atoms with Gasteiger partial charge in [0.05, 0.1) is 34.8 Å². The van der Waals surface area contributed by atoms with Gasteiger partial charge in [-0.25, -0.2) is 36.6 Å². The average Bonchev–Trinajstić information content (AvgIpc) is 3.72. The van der Waals surface area contributed by atoms with Crippen LogP contribution in [0.3, 0.4) is 0 Å². The minimum Gasteiger partial charge on any atom is -0.468 e. The quantitative estimate of drug-likeness (QED) is 0.0806. The molecule has 0 aliphatic carbocycles. The molecule has 4 aromatic rings. The van der Waals surface area contributed by atoms with Gasteiger partial charge in [-0.3, -0.25) is 4.90 Å². The third-order valence-electron chi connectivity index (χ3n) is 12.3. The molecule has 2 aromatic carbocycles. The maximum Gasteiger partial charge on any atom is 0.415 e. The molecule has 0 spiro atoms. The molecule has 5 aliphatic rings. The van der Waals surface area contributed by atoms with Gasteiger partial charge in [0.1, 0.15) is 47.0 Å². The fraction of sp³-hybridized carbons (Fsp3) is 0.524. The molecule has 0 saturated carbocycles. The van der Waals surface area contributed by atoms with Gasteiger partial charge in [-0.2, -0.15) is 9.97 Å². The maximum absolute atomic E-state index is 17.8. The van der Waals surface area contributed by atoms with Crippen LogP contribution >= 0.6 is 0 Å². The molecule has 4 fully saturated rings. The number of halogens is 5. The normalized spacial score (nSPS) is 27.7. The standard InChI is InChI=1S/C42H43F5N6O5/c1-6-26-28(44)9-8-23-16-25(57-22-55-5)17-27(31(23)26)34-33(45)35-32-29(48-34)10-11-30-42(47)14-13-41(46,53(42)38(54)58-39(2,3)4)20-52(30)36(32)50-37(49-35)56-21-40-12-7-15-51(40)19-24(43)18-40/h1,8-9,16-17,24,30H,7,10-15,18-22H2,2-5H3/t24-,30+,40+,41-,42+/m1/s1. The van der Waals surface area contributed by atoms with Crippen molar-refractivity contribution in [2.24, 2.45) is 0 Å². The van der Waals surface area contributed by atoms with Crippen molar-refractivity contribution in [1.29, 1.82) is 0 Å². The summed E-state index contributed by atoms with van der Waals surface area (Å²) in [5.74, 6) is -4.09. The summed E-state index contributed by atoms with van der Waals surface area (Å²) in [5.41, 5.74) is -1.94. The Morgan fingerprint density at radius 2 is 1.88 bits per heavy atom. The van der Waals surface area contributed by atoms with E-state index in [0.29, 0.717) is 23.3 Å². The average molecular weight is 807 g/mol. The number of aryl methyl sites for hydroxylation is 1. The number of alkyl halides is 3. The van der Waals surface area contributed by atoms with Crippen LogP contribution in [0.1, 0.15) is 70.6 Å². The van der Waals surface area contributed by atoms with E-state index in [9.17, 15) is 9.18 Å². The Hall–Kier alpha value is -5.01. The van der Waals surface area contributed by atoms with Crippen LogP contribution in [0.4, 0.5) is 32.6 Å². The summed E-state index contributed by atoms with van der Waals surface area (Å²) in [5, 5.41) is 0.735. The highest BCUT2D eigenvalue weighted by Crippen LogP contribution is 2.55. The largest absolute Gasteiger partial charge is 0.468 e. The maximum atomic E-state index is 17.8. The lowest BCUT2D eigenvalue weighted by atomic mass is 9.94. The zero-order valence-corrected chi connectivity index (χ0v) is 32.6. The Bertz CT molecular complexity index is 2410. The van der Waals surface area contributed by atoms with E-state index in [0.717, 1.165) is 6.42 Å². The van der Waals surface area contributed by atoms with Crippen molar-refractivity contribution in [2.75, 3.05) is 45.0 Å². The van der Waals surface area contributed by atoms with Crippen LogP contribution in [0.15, 0.2) is 24.3 Å². The highest BCUT2D eigenvalue weighted by Gasteiger charge is 2.69. The number of piperazine rings is 1. The lowest BCUT2D eigenvalue weighted by Gasteiger charge is -2.52. The van der Waals surface area contributed by atoms with E-state index in [4.69, 9.17) is 35.3 Å². The molecule has 0 N–H and O–H groups in total. The van der Waals surface area contributed by atoms with Gasteiger partial charge in [0.15, 0.2) is 12.6 Å². The summed E-state index contributed by atoms with van der Waals surface area (Å²) in [4.78, 5) is 31.8. The highest BCUT2D eigenvalue weighted by molar-refractivity contribution is 6.03. The number of carbonyl (C=O) groups excluding carboxylic acids is 1. The number of carbonyl (C=O) groups is 1. The Balaban J connectivity index is 1.24. The number of nitrogens with zero attached hydrogens (tertiary/aromatic N) is 6. The summed E-state index contributed by atoms with van der Waals surface area (Å²) in [6.45, 7) is 5.15. The van der Waals surface area contributed by atoms with Gasteiger partial charge in [-0.15, -0.1) is 6.42 Å². The molecule has 4 saturated heterocycles. The lowest BCUT2D eigenvalue weighted by Crippen LogP contribution is -2.71. The summed E-state index contributed by atoms with van der Waals surface area (Å²) < 4.78 is 105. The number of aromatic nitrogens is 3. The predicted molar refractivity (Wildman–Crippen MR) is 204 cm³/mol. The van der Waals surface area contributed by atoms with Crippen LogP contribution in [-0.2, 0) is 15.9 Å². The number of benzene rings is 2. The minimum absolute atomic E-state index is 0.00350. The van der Waals surface area contributed by atoms with Gasteiger partial charge in [-0.1, -0.05) is 12.0 Å². The van der Waals surface area contributed by atoms with Crippen molar-refractivity contribution in [3.63, 3.8) is 0 Å². The van der Waals surface area contributed by atoms with Gasteiger partial charge in [0, 0.05) is 43.9 Å². The van der Waals surface area contributed by atoms with Crippen LogP contribution in [0, 0.1) is 24.0 Å². The Labute approximate surface area is 331 Å². The second-order valence-corrected chi connectivity index (χ2v) is 17.1. The smallest absolute Gasteiger partial charge is 0.415 e. The molecule has 2 aromatic heterocycles. The Kier molecular flexibility index (Phi) is 8.98. The van der Waals surface area contributed by atoms with Gasteiger partial charge < -0.3 is 23.8 Å². The molecule has 58 heavy (non-hydrogen) atoms. The minimum atomic E-state index is -2.55. The number of ether oxygens (including phenoxy) is 4. The summed E-state index contributed by atoms with van der Waals surface area (Å²) in [7, 11) is 1.44. The number of fused-ring (bicyclic) bond motifs is 7. The first kappa shape index (κ1) is 38.5. The monoisotopic (exact) mass is 806 g/mol. The van der Waals surface area contributed by atoms with Crippen molar-refractivity contribution in [1.82, 2.24) is 24.8 Å². The Morgan fingerprint density at radius 3 is 2.64 bits per heavy atom. The number of amides is 1. The molecule has 7 heterocycles. The third kappa shape index (κ3) is 5.98. The number of pyridine rings is 1. The van der Waals surface area contributed by atoms with E-state index >= 15 is 17.6 Å². The first-order valence-corrected chi connectivity index (χ1v) is 19.5. The number of hydrogen-bond donors (Lipinski definition) is 0. The molecule has 5 aliphatic heterocycles. The zero-order chi connectivity index (χ0) is 40.9. The van der Waals surface area contributed by atoms with Crippen molar-refractivity contribution in [3.05, 3.63) is 47.2 Å². The fourth-order valence-electron chi connectivity index (χ4n) is 9.93. The number of terminal acetylenes is 1. The molecule has 0 radical (unpaired) electrons. The topological polar surface area (TPSA) is 102 Å². The third-order valence-corrected chi connectivity index (χ3v) is 12.3. The predicted octanol–water partition coefficient (Wildman–Crippen LogP) is 7.54. The van der Waals surface area contributed by atoms with Gasteiger partial charge >= 0.3 is 12.1 Å². The SMILES string of the molecule is C#Cc1c(F)ccc2cc(OCOC)cc(-c3nc4c5c(nc(OC[C@@]67CCCN6C[C@H](F)C7)nc5c3F)N3C[C@@]5(F)CC[C@@](F)([C@@H]3CC4)N5C(=O)OC(C)(C)C)c12. The van der Waals surface area contributed by atoms with Crippen LogP contribution in [-0.4, -0.2) is 106 Å². The molecule has 1 amide bonds. The molecular formula is C42H43F5N6O5.